The number of carbonyl (C=O) groups is 1. The molecule has 5 nitrogen and oxygen atoms in total. The number of carbonyl (C=O) groups excluding carboxylic acids is 1. The SMILES string of the molecule is O=C(NCc1ccnc(F)c1)N1CC2(CCN(CC=Cc3ccc(Cl)cc3)CC2)c2cc(Br)ccc21. The zero-order valence-electron chi connectivity index (χ0n) is 19.8. The van der Waals surface area contributed by atoms with Gasteiger partial charge in [0.15, 0.2) is 0 Å². The van der Waals surface area contributed by atoms with E-state index in [1.165, 1.54) is 17.8 Å². The van der Waals surface area contributed by atoms with Crippen molar-refractivity contribution in [2.75, 3.05) is 31.1 Å². The second-order valence-corrected chi connectivity index (χ2v) is 10.8. The van der Waals surface area contributed by atoms with Crippen molar-refractivity contribution in [2.24, 2.45) is 0 Å². The molecule has 0 atom stereocenters. The maximum absolute atomic E-state index is 13.4. The van der Waals surface area contributed by atoms with Gasteiger partial charge in [0.1, 0.15) is 0 Å². The van der Waals surface area contributed by atoms with E-state index in [1.54, 1.807) is 6.07 Å². The number of hydrogen-bond donors (Lipinski definition) is 1. The molecule has 5 rings (SSSR count). The summed E-state index contributed by atoms with van der Waals surface area (Å²) in [7, 11) is 0. The van der Waals surface area contributed by atoms with Crippen molar-refractivity contribution in [1.29, 1.82) is 0 Å². The van der Waals surface area contributed by atoms with Gasteiger partial charge in [0.25, 0.3) is 0 Å². The molecule has 1 spiro atoms. The number of piperidine rings is 1. The minimum absolute atomic E-state index is 0.0738. The van der Waals surface area contributed by atoms with Crippen LogP contribution in [0.2, 0.25) is 5.02 Å². The molecule has 0 bridgehead atoms. The first-order chi connectivity index (χ1) is 17.4. The summed E-state index contributed by atoms with van der Waals surface area (Å²) < 4.78 is 14.4. The van der Waals surface area contributed by atoms with Crippen molar-refractivity contribution in [3.8, 4) is 0 Å². The molecule has 3 aromatic rings. The maximum atomic E-state index is 13.4. The van der Waals surface area contributed by atoms with Gasteiger partial charge in [0.05, 0.1) is 0 Å². The minimum atomic E-state index is -0.549. The largest absolute Gasteiger partial charge is 0.334 e. The van der Waals surface area contributed by atoms with Gasteiger partial charge < -0.3 is 5.32 Å². The van der Waals surface area contributed by atoms with Gasteiger partial charge >= 0.3 is 6.03 Å². The molecule has 0 unspecified atom stereocenters. The molecule has 2 aliphatic rings. The quantitative estimate of drug-likeness (QED) is 0.361. The first-order valence-corrected chi connectivity index (χ1v) is 13.2. The van der Waals surface area contributed by atoms with Crippen molar-refractivity contribution >= 4 is 45.3 Å². The lowest BCUT2D eigenvalue weighted by atomic mass is 9.74. The lowest BCUT2D eigenvalue weighted by Gasteiger charge is -2.39. The molecule has 1 saturated heterocycles. The van der Waals surface area contributed by atoms with E-state index >= 15 is 0 Å². The Morgan fingerprint density at radius 3 is 2.67 bits per heavy atom. The third-order valence-electron chi connectivity index (χ3n) is 7.12. The number of rotatable bonds is 5. The second kappa shape index (κ2) is 10.7. The Labute approximate surface area is 224 Å². The maximum Gasteiger partial charge on any atom is 0.322 e. The van der Waals surface area contributed by atoms with Crippen LogP contribution in [0.3, 0.4) is 0 Å². The number of nitrogens with zero attached hydrogens (tertiary/aromatic N) is 3. The Hall–Kier alpha value is -2.74. The van der Waals surface area contributed by atoms with Gasteiger partial charge in [-0.2, -0.15) is 4.39 Å². The highest BCUT2D eigenvalue weighted by atomic mass is 79.9. The number of likely N-dealkylation sites (tertiary alicyclic amines) is 1. The highest BCUT2D eigenvalue weighted by molar-refractivity contribution is 9.10. The molecule has 2 aliphatic heterocycles. The second-order valence-electron chi connectivity index (χ2n) is 9.43. The van der Waals surface area contributed by atoms with E-state index in [1.807, 2.05) is 41.3 Å². The van der Waals surface area contributed by atoms with Gasteiger partial charge in [0, 0.05) is 46.4 Å². The number of nitrogens with one attached hydrogen (secondary N) is 1. The molecule has 186 valence electrons. The van der Waals surface area contributed by atoms with E-state index in [2.05, 4.69) is 49.3 Å². The Balaban J connectivity index is 1.24. The average molecular weight is 570 g/mol. The van der Waals surface area contributed by atoms with Crippen molar-refractivity contribution < 1.29 is 9.18 Å². The van der Waals surface area contributed by atoms with Crippen LogP contribution in [0.15, 0.2) is 71.3 Å². The number of benzene rings is 2. The fourth-order valence-corrected chi connectivity index (χ4v) is 5.64. The predicted octanol–water partition coefficient (Wildman–Crippen LogP) is 6.41. The summed E-state index contributed by atoms with van der Waals surface area (Å²) in [5, 5.41) is 3.70. The normalized spacial score (nSPS) is 17.0. The van der Waals surface area contributed by atoms with Gasteiger partial charge in [-0.1, -0.05) is 51.8 Å². The summed E-state index contributed by atoms with van der Waals surface area (Å²) in [6.07, 6.45) is 7.69. The molecule has 3 heterocycles. The van der Waals surface area contributed by atoms with Crippen LogP contribution in [0.25, 0.3) is 6.08 Å². The van der Waals surface area contributed by atoms with Gasteiger partial charge in [-0.3, -0.25) is 9.80 Å². The summed E-state index contributed by atoms with van der Waals surface area (Å²) in [5.41, 5.74) is 3.92. The predicted molar refractivity (Wildman–Crippen MR) is 146 cm³/mol. The van der Waals surface area contributed by atoms with Crippen molar-refractivity contribution in [2.45, 2.75) is 24.8 Å². The summed E-state index contributed by atoms with van der Waals surface area (Å²) >= 11 is 9.60. The summed E-state index contributed by atoms with van der Waals surface area (Å²) in [6, 6.07) is 16.9. The van der Waals surface area contributed by atoms with Crippen molar-refractivity contribution in [1.82, 2.24) is 15.2 Å². The molecule has 1 N–H and O–H groups in total. The summed E-state index contributed by atoms with van der Waals surface area (Å²) in [6.45, 7) is 3.70. The summed E-state index contributed by atoms with van der Waals surface area (Å²) in [4.78, 5) is 21.1. The number of hydrogen-bond acceptors (Lipinski definition) is 3. The minimum Gasteiger partial charge on any atom is -0.334 e. The van der Waals surface area contributed by atoms with Crippen molar-refractivity contribution in [3.05, 3.63) is 99.0 Å². The zero-order valence-corrected chi connectivity index (χ0v) is 22.1. The van der Waals surface area contributed by atoms with Gasteiger partial charge in [-0.25, -0.2) is 9.78 Å². The molecule has 2 aromatic carbocycles. The number of aromatic nitrogens is 1. The van der Waals surface area contributed by atoms with E-state index in [0.29, 0.717) is 12.1 Å². The smallest absolute Gasteiger partial charge is 0.322 e. The number of anilines is 1. The van der Waals surface area contributed by atoms with Crippen LogP contribution in [0.4, 0.5) is 14.9 Å². The van der Waals surface area contributed by atoms with Crippen LogP contribution >= 0.6 is 27.5 Å². The van der Waals surface area contributed by atoms with Crippen LogP contribution in [-0.2, 0) is 12.0 Å². The molecule has 0 aliphatic carbocycles. The highest BCUT2D eigenvalue weighted by Crippen LogP contribution is 2.48. The number of amides is 2. The molecule has 8 heteroatoms. The third kappa shape index (κ3) is 5.48. The van der Waals surface area contributed by atoms with E-state index in [9.17, 15) is 9.18 Å². The van der Waals surface area contributed by atoms with Crippen LogP contribution in [0.5, 0.6) is 0 Å². The third-order valence-corrected chi connectivity index (χ3v) is 7.86. The average Bonchev–Trinajstić information content (AvgIpc) is 3.18. The lowest BCUT2D eigenvalue weighted by Crippen LogP contribution is -2.47. The number of fused-ring (bicyclic) bond motifs is 2. The monoisotopic (exact) mass is 568 g/mol. The Kier molecular flexibility index (Phi) is 7.42. The molecular formula is C28H27BrClFN4O. The standard InChI is InChI=1S/C28H27BrClFN4O/c29-22-5-8-25-24(17-22)28(19-35(25)27(36)33-18-21-9-12-32-26(31)16-21)10-14-34(15-11-28)13-1-2-20-3-6-23(30)7-4-20/h1-9,12,16-17H,10-11,13-15,18-19H2,(H,33,36). The Bertz CT molecular complexity index is 1270. The van der Waals surface area contributed by atoms with Gasteiger partial charge in [-0.05, 0) is 85.1 Å². The molecule has 0 saturated carbocycles. The first kappa shape index (κ1) is 24.9. The Morgan fingerprint density at radius 1 is 1.14 bits per heavy atom. The van der Waals surface area contributed by atoms with Crippen LogP contribution in [0, 0.1) is 5.95 Å². The first-order valence-electron chi connectivity index (χ1n) is 12.0. The van der Waals surface area contributed by atoms with E-state index in [0.717, 1.165) is 53.2 Å². The number of halogens is 3. The van der Waals surface area contributed by atoms with Gasteiger partial charge in [-0.15, -0.1) is 0 Å². The van der Waals surface area contributed by atoms with Crippen molar-refractivity contribution in [3.63, 3.8) is 0 Å². The molecule has 36 heavy (non-hydrogen) atoms. The molecule has 2 amide bonds. The topological polar surface area (TPSA) is 48.5 Å². The van der Waals surface area contributed by atoms with Gasteiger partial charge in [0.2, 0.25) is 5.95 Å². The zero-order chi connectivity index (χ0) is 25.1. The number of pyridine rings is 1. The molecule has 1 aromatic heterocycles. The van der Waals surface area contributed by atoms with Crippen LogP contribution in [-0.4, -0.2) is 42.1 Å². The van der Waals surface area contributed by atoms with Crippen LogP contribution in [0.1, 0.15) is 29.5 Å². The van der Waals surface area contributed by atoms with E-state index in [4.69, 9.17) is 11.6 Å². The molecular weight excluding hydrogens is 543 g/mol. The summed E-state index contributed by atoms with van der Waals surface area (Å²) in [5.74, 6) is -0.549. The fraction of sp³-hybridized carbons (Fsp3) is 0.286. The van der Waals surface area contributed by atoms with Crippen LogP contribution < -0.4 is 10.2 Å². The Morgan fingerprint density at radius 2 is 1.92 bits per heavy atom. The fourth-order valence-electron chi connectivity index (χ4n) is 5.15. The molecule has 1 fully saturated rings. The number of urea groups is 1. The van der Waals surface area contributed by atoms with E-state index < -0.39 is 5.95 Å². The molecule has 0 radical (unpaired) electrons. The van der Waals surface area contributed by atoms with E-state index in [-0.39, 0.29) is 18.0 Å². The lowest BCUT2D eigenvalue weighted by molar-refractivity contribution is 0.180. The highest BCUT2D eigenvalue weighted by Gasteiger charge is 2.46.